The van der Waals surface area contributed by atoms with Gasteiger partial charge in [-0.3, -0.25) is 4.68 Å². The van der Waals surface area contributed by atoms with Crippen LogP contribution in [-0.2, 0) is 6.54 Å². The molecule has 0 bridgehead atoms. The van der Waals surface area contributed by atoms with Crippen LogP contribution in [0.25, 0.3) is 0 Å². The molecule has 0 aliphatic heterocycles. The maximum Gasteiger partial charge on any atom is 0.176 e. The number of aromatic nitrogens is 2. The first-order chi connectivity index (χ1) is 11.6. The van der Waals surface area contributed by atoms with Gasteiger partial charge < -0.3 is 10.6 Å². The summed E-state index contributed by atoms with van der Waals surface area (Å²) in [6.45, 7) is 0.550. The van der Waals surface area contributed by atoms with Crippen LogP contribution in [0.2, 0.25) is 5.02 Å². The standard InChI is InChI=1S/C17H14ClFN4S/c18-13-6-2-1-5-12(13)11-23-10-9-16(22-23)21-17(24)20-15-8-4-3-7-14(15)19/h1-10H,11H2,(H2,20,21,22,24). The summed E-state index contributed by atoms with van der Waals surface area (Å²) in [7, 11) is 0. The lowest BCUT2D eigenvalue weighted by atomic mass is 10.2. The van der Waals surface area contributed by atoms with Gasteiger partial charge in [-0.2, -0.15) is 5.10 Å². The van der Waals surface area contributed by atoms with Crippen molar-refractivity contribution in [3.63, 3.8) is 0 Å². The third-order valence-electron chi connectivity index (χ3n) is 3.29. The number of hydrogen-bond donors (Lipinski definition) is 2. The summed E-state index contributed by atoms with van der Waals surface area (Å²) in [6.07, 6.45) is 1.82. The zero-order valence-electron chi connectivity index (χ0n) is 12.5. The topological polar surface area (TPSA) is 41.9 Å². The molecule has 2 aromatic carbocycles. The molecule has 1 aromatic heterocycles. The molecule has 0 saturated heterocycles. The van der Waals surface area contributed by atoms with E-state index in [1.807, 2.05) is 30.5 Å². The minimum Gasteiger partial charge on any atom is -0.330 e. The fraction of sp³-hybridized carbons (Fsp3) is 0.0588. The molecule has 24 heavy (non-hydrogen) atoms. The molecule has 0 atom stereocenters. The second kappa shape index (κ2) is 7.42. The molecule has 0 spiro atoms. The molecule has 0 radical (unpaired) electrons. The van der Waals surface area contributed by atoms with Crippen molar-refractivity contribution in [1.29, 1.82) is 0 Å². The van der Waals surface area contributed by atoms with E-state index in [1.165, 1.54) is 6.07 Å². The Bertz CT molecular complexity index is 865. The molecule has 7 heteroatoms. The SMILES string of the molecule is Fc1ccccc1NC(=S)Nc1ccn(Cc2ccccc2Cl)n1. The summed E-state index contributed by atoms with van der Waals surface area (Å²) in [4.78, 5) is 0. The van der Waals surface area contributed by atoms with Gasteiger partial charge in [-0.05, 0) is 36.0 Å². The van der Waals surface area contributed by atoms with Crippen molar-refractivity contribution < 1.29 is 4.39 Å². The van der Waals surface area contributed by atoms with Crippen molar-refractivity contribution in [3.05, 3.63) is 77.2 Å². The highest BCUT2D eigenvalue weighted by molar-refractivity contribution is 7.80. The number of hydrogen-bond acceptors (Lipinski definition) is 2. The number of halogens is 2. The summed E-state index contributed by atoms with van der Waals surface area (Å²) in [5.41, 5.74) is 1.28. The van der Waals surface area contributed by atoms with E-state index in [0.29, 0.717) is 23.1 Å². The molecule has 0 amide bonds. The summed E-state index contributed by atoms with van der Waals surface area (Å²) >= 11 is 11.3. The van der Waals surface area contributed by atoms with Gasteiger partial charge in [-0.1, -0.05) is 41.9 Å². The zero-order valence-corrected chi connectivity index (χ0v) is 14.1. The zero-order chi connectivity index (χ0) is 16.9. The first-order valence-electron chi connectivity index (χ1n) is 7.21. The van der Waals surface area contributed by atoms with E-state index in [1.54, 1.807) is 28.9 Å². The van der Waals surface area contributed by atoms with Gasteiger partial charge in [-0.15, -0.1) is 0 Å². The smallest absolute Gasteiger partial charge is 0.176 e. The van der Waals surface area contributed by atoms with E-state index < -0.39 is 0 Å². The highest BCUT2D eigenvalue weighted by atomic mass is 35.5. The third-order valence-corrected chi connectivity index (χ3v) is 3.87. The number of nitrogens with zero attached hydrogens (tertiary/aromatic N) is 2. The Morgan fingerprint density at radius 1 is 1.08 bits per heavy atom. The van der Waals surface area contributed by atoms with Crippen LogP contribution in [-0.4, -0.2) is 14.9 Å². The van der Waals surface area contributed by atoms with Crippen LogP contribution in [0.4, 0.5) is 15.9 Å². The molecule has 122 valence electrons. The molecule has 0 unspecified atom stereocenters. The van der Waals surface area contributed by atoms with Gasteiger partial charge in [0.1, 0.15) is 5.82 Å². The van der Waals surface area contributed by atoms with Crippen molar-refractivity contribution in [2.75, 3.05) is 10.6 Å². The Morgan fingerprint density at radius 2 is 1.83 bits per heavy atom. The van der Waals surface area contributed by atoms with E-state index in [9.17, 15) is 4.39 Å². The Balaban J connectivity index is 1.63. The average molecular weight is 361 g/mol. The maximum absolute atomic E-state index is 13.6. The van der Waals surface area contributed by atoms with Crippen LogP contribution in [0.3, 0.4) is 0 Å². The molecule has 1 heterocycles. The van der Waals surface area contributed by atoms with E-state index in [0.717, 1.165) is 5.56 Å². The fourth-order valence-electron chi connectivity index (χ4n) is 2.15. The Hall–Kier alpha value is -2.44. The van der Waals surface area contributed by atoms with Gasteiger partial charge in [0, 0.05) is 17.3 Å². The van der Waals surface area contributed by atoms with Crippen molar-refractivity contribution in [2.45, 2.75) is 6.54 Å². The van der Waals surface area contributed by atoms with Gasteiger partial charge in [0.2, 0.25) is 0 Å². The summed E-state index contributed by atoms with van der Waals surface area (Å²) in [6, 6.07) is 15.7. The number of rotatable bonds is 4. The molecular formula is C17H14ClFN4S. The predicted octanol–water partition coefficient (Wildman–Crippen LogP) is 4.53. The summed E-state index contributed by atoms with van der Waals surface area (Å²) in [5, 5.41) is 11.1. The molecule has 2 N–H and O–H groups in total. The first kappa shape index (κ1) is 16.4. The number of para-hydroxylation sites is 1. The number of anilines is 2. The normalized spacial score (nSPS) is 10.4. The van der Waals surface area contributed by atoms with E-state index >= 15 is 0 Å². The molecule has 0 saturated carbocycles. The van der Waals surface area contributed by atoms with Crippen LogP contribution in [0.5, 0.6) is 0 Å². The highest BCUT2D eigenvalue weighted by Gasteiger charge is 2.06. The van der Waals surface area contributed by atoms with Crippen molar-refractivity contribution in [2.24, 2.45) is 0 Å². The Kier molecular flexibility index (Phi) is 5.08. The molecular weight excluding hydrogens is 347 g/mol. The number of nitrogens with one attached hydrogen (secondary N) is 2. The van der Waals surface area contributed by atoms with Crippen LogP contribution in [0.15, 0.2) is 60.8 Å². The van der Waals surface area contributed by atoms with Gasteiger partial charge in [0.15, 0.2) is 10.9 Å². The lowest BCUT2D eigenvalue weighted by Crippen LogP contribution is -2.20. The average Bonchev–Trinajstić information content (AvgIpc) is 2.99. The van der Waals surface area contributed by atoms with Crippen LogP contribution >= 0.6 is 23.8 Å². The molecule has 4 nitrogen and oxygen atoms in total. The predicted molar refractivity (Wildman–Crippen MR) is 99.0 cm³/mol. The first-order valence-corrected chi connectivity index (χ1v) is 8.00. The third kappa shape index (κ3) is 4.10. The lowest BCUT2D eigenvalue weighted by Gasteiger charge is -2.09. The second-order valence-electron chi connectivity index (χ2n) is 5.05. The largest absolute Gasteiger partial charge is 0.330 e. The van der Waals surface area contributed by atoms with E-state index in [2.05, 4.69) is 15.7 Å². The van der Waals surface area contributed by atoms with Gasteiger partial charge in [0.25, 0.3) is 0 Å². The molecule has 3 rings (SSSR count). The van der Waals surface area contributed by atoms with Crippen LogP contribution < -0.4 is 10.6 Å². The molecule has 0 aliphatic rings. The lowest BCUT2D eigenvalue weighted by molar-refractivity contribution is 0.632. The van der Waals surface area contributed by atoms with Gasteiger partial charge >= 0.3 is 0 Å². The van der Waals surface area contributed by atoms with E-state index in [-0.39, 0.29) is 10.9 Å². The summed E-state index contributed by atoms with van der Waals surface area (Å²) < 4.78 is 15.3. The fourth-order valence-corrected chi connectivity index (χ4v) is 2.56. The summed E-state index contributed by atoms with van der Waals surface area (Å²) in [5.74, 6) is 0.196. The van der Waals surface area contributed by atoms with Gasteiger partial charge in [0.05, 0.1) is 12.2 Å². The number of thiocarbonyl (C=S) groups is 1. The second-order valence-corrected chi connectivity index (χ2v) is 5.86. The van der Waals surface area contributed by atoms with Crippen molar-refractivity contribution in [1.82, 2.24) is 9.78 Å². The maximum atomic E-state index is 13.6. The molecule has 0 fully saturated rings. The van der Waals surface area contributed by atoms with Crippen molar-refractivity contribution in [3.8, 4) is 0 Å². The molecule has 3 aromatic rings. The van der Waals surface area contributed by atoms with Crippen molar-refractivity contribution >= 4 is 40.4 Å². The molecule has 0 aliphatic carbocycles. The Labute approximate surface area is 149 Å². The van der Waals surface area contributed by atoms with Crippen LogP contribution in [0.1, 0.15) is 5.56 Å². The minimum atomic E-state index is -0.370. The monoisotopic (exact) mass is 360 g/mol. The quantitative estimate of drug-likeness (QED) is 0.671. The van der Waals surface area contributed by atoms with Crippen LogP contribution in [0, 0.1) is 5.82 Å². The van der Waals surface area contributed by atoms with Gasteiger partial charge in [-0.25, -0.2) is 4.39 Å². The van der Waals surface area contributed by atoms with E-state index in [4.69, 9.17) is 23.8 Å². The number of benzene rings is 2. The minimum absolute atomic E-state index is 0.267. The Morgan fingerprint density at radius 3 is 2.62 bits per heavy atom. The highest BCUT2D eigenvalue weighted by Crippen LogP contribution is 2.17.